The van der Waals surface area contributed by atoms with Gasteiger partial charge < -0.3 is 20.3 Å². The van der Waals surface area contributed by atoms with Gasteiger partial charge in [0.15, 0.2) is 0 Å². The highest BCUT2D eigenvalue weighted by molar-refractivity contribution is 5.41. The van der Waals surface area contributed by atoms with E-state index in [0.717, 1.165) is 44.2 Å². The number of nitrogens with two attached hydrogens (primary N) is 1. The van der Waals surface area contributed by atoms with Gasteiger partial charge in [0.05, 0.1) is 0 Å². The predicted molar refractivity (Wildman–Crippen MR) is 81.6 cm³/mol. The maximum atomic E-state index is 5.71. The first-order valence-electron chi connectivity index (χ1n) is 6.97. The van der Waals surface area contributed by atoms with Gasteiger partial charge in [0.1, 0.15) is 12.4 Å². The minimum atomic E-state index is 0.722. The molecule has 108 valence electrons. The molecule has 0 spiro atoms. The van der Waals surface area contributed by atoms with Gasteiger partial charge in [-0.1, -0.05) is 6.92 Å². The average Bonchev–Trinajstić information content (AvgIpc) is 2.39. The predicted octanol–water partition coefficient (Wildman–Crippen LogP) is 1.92. The van der Waals surface area contributed by atoms with Crippen LogP contribution in [0.1, 0.15) is 13.3 Å². The van der Waals surface area contributed by atoms with Crippen molar-refractivity contribution in [2.45, 2.75) is 13.3 Å². The van der Waals surface area contributed by atoms with Gasteiger partial charge in [-0.3, -0.25) is 0 Å². The Labute approximate surface area is 117 Å². The van der Waals surface area contributed by atoms with Gasteiger partial charge in [-0.15, -0.1) is 0 Å². The van der Waals surface area contributed by atoms with Crippen molar-refractivity contribution >= 4 is 5.69 Å². The Morgan fingerprint density at radius 2 is 1.74 bits per heavy atom. The molecule has 4 heteroatoms. The molecule has 0 heterocycles. The second kappa shape index (κ2) is 8.77. The Balaban J connectivity index is 2.20. The fraction of sp³-hybridized carbons (Fsp3) is 0.600. The van der Waals surface area contributed by atoms with Gasteiger partial charge in [-0.05, 0) is 64.4 Å². The standard InChI is InChI=1S/C15H27N3O/c1-4-18(11-5-10-17(2)3)12-13-19-15-8-6-14(16)7-9-15/h6-9H,4-5,10-13,16H2,1-3H3. The second-order valence-electron chi connectivity index (χ2n) is 5.01. The number of benzene rings is 1. The summed E-state index contributed by atoms with van der Waals surface area (Å²) >= 11 is 0. The minimum Gasteiger partial charge on any atom is -0.492 e. The molecule has 0 saturated carbocycles. The maximum absolute atomic E-state index is 5.71. The van der Waals surface area contributed by atoms with E-state index in [2.05, 4.69) is 30.8 Å². The molecule has 0 aliphatic carbocycles. The lowest BCUT2D eigenvalue weighted by atomic mass is 10.3. The lowest BCUT2D eigenvalue weighted by Crippen LogP contribution is -2.31. The molecular formula is C15H27N3O. The van der Waals surface area contributed by atoms with Crippen molar-refractivity contribution in [2.75, 3.05) is 52.6 Å². The summed E-state index contributed by atoms with van der Waals surface area (Å²) in [6.45, 7) is 7.21. The van der Waals surface area contributed by atoms with Crippen LogP contribution in [0.25, 0.3) is 0 Å². The molecule has 1 aromatic carbocycles. The molecule has 0 fully saturated rings. The van der Waals surface area contributed by atoms with Crippen LogP contribution in [0.2, 0.25) is 0 Å². The van der Waals surface area contributed by atoms with Crippen molar-refractivity contribution < 1.29 is 4.74 Å². The number of anilines is 1. The van der Waals surface area contributed by atoms with Gasteiger partial charge in [0.2, 0.25) is 0 Å². The maximum Gasteiger partial charge on any atom is 0.119 e. The molecule has 0 aliphatic heterocycles. The molecule has 0 unspecified atom stereocenters. The monoisotopic (exact) mass is 265 g/mol. The van der Waals surface area contributed by atoms with E-state index < -0.39 is 0 Å². The Hall–Kier alpha value is -1.26. The molecule has 0 bridgehead atoms. The van der Waals surface area contributed by atoms with Crippen molar-refractivity contribution in [1.82, 2.24) is 9.80 Å². The zero-order valence-electron chi connectivity index (χ0n) is 12.4. The number of likely N-dealkylation sites (N-methyl/N-ethyl adjacent to an activating group) is 1. The van der Waals surface area contributed by atoms with E-state index in [9.17, 15) is 0 Å². The topological polar surface area (TPSA) is 41.7 Å². The normalized spacial score (nSPS) is 11.2. The molecule has 1 aromatic rings. The van der Waals surface area contributed by atoms with Crippen molar-refractivity contribution in [1.29, 1.82) is 0 Å². The first-order valence-corrected chi connectivity index (χ1v) is 6.97. The summed E-state index contributed by atoms with van der Waals surface area (Å²) in [5.74, 6) is 0.888. The van der Waals surface area contributed by atoms with Crippen LogP contribution >= 0.6 is 0 Å². The van der Waals surface area contributed by atoms with E-state index in [0.29, 0.717) is 0 Å². The molecule has 0 amide bonds. The smallest absolute Gasteiger partial charge is 0.119 e. The number of hydrogen-bond acceptors (Lipinski definition) is 4. The number of nitrogen functional groups attached to an aromatic ring is 1. The zero-order chi connectivity index (χ0) is 14.1. The lowest BCUT2D eigenvalue weighted by molar-refractivity contribution is 0.208. The summed E-state index contributed by atoms with van der Waals surface area (Å²) < 4.78 is 5.71. The fourth-order valence-corrected chi connectivity index (χ4v) is 1.90. The first-order chi connectivity index (χ1) is 9.11. The van der Waals surface area contributed by atoms with Crippen LogP contribution in [0.3, 0.4) is 0 Å². The first kappa shape index (κ1) is 15.8. The van der Waals surface area contributed by atoms with E-state index >= 15 is 0 Å². The highest BCUT2D eigenvalue weighted by Crippen LogP contribution is 2.12. The molecule has 4 nitrogen and oxygen atoms in total. The van der Waals surface area contributed by atoms with Crippen LogP contribution in [-0.2, 0) is 0 Å². The Morgan fingerprint density at radius 3 is 2.32 bits per heavy atom. The Kier molecular flexibility index (Phi) is 7.30. The third-order valence-electron chi connectivity index (χ3n) is 3.08. The van der Waals surface area contributed by atoms with Gasteiger partial charge in [0.25, 0.3) is 0 Å². The van der Waals surface area contributed by atoms with Crippen LogP contribution < -0.4 is 10.5 Å². The molecular weight excluding hydrogens is 238 g/mol. The van der Waals surface area contributed by atoms with E-state index in [1.165, 1.54) is 6.42 Å². The lowest BCUT2D eigenvalue weighted by Gasteiger charge is -2.21. The highest BCUT2D eigenvalue weighted by Gasteiger charge is 2.03. The summed E-state index contributed by atoms with van der Waals surface area (Å²) in [6, 6.07) is 7.56. The third kappa shape index (κ3) is 7.03. The molecule has 0 saturated heterocycles. The number of nitrogens with zero attached hydrogens (tertiary/aromatic N) is 2. The zero-order valence-corrected chi connectivity index (χ0v) is 12.4. The summed E-state index contributed by atoms with van der Waals surface area (Å²) in [7, 11) is 4.22. The Morgan fingerprint density at radius 1 is 1.05 bits per heavy atom. The van der Waals surface area contributed by atoms with E-state index in [4.69, 9.17) is 10.5 Å². The largest absolute Gasteiger partial charge is 0.492 e. The van der Waals surface area contributed by atoms with Crippen molar-refractivity contribution in [3.8, 4) is 5.75 Å². The van der Waals surface area contributed by atoms with E-state index in [-0.39, 0.29) is 0 Å². The molecule has 0 aliphatic rings. The van der Waals surface area contributed by atoms with Crippen LogP contribution in [0.5, 0.6) is 5.75 Å². The number of rotatable bonds is 9. The van der Waals surface area contributed by atoms with Gasteiger partial charge in [0, 0.05) is 12.2 Å². The Bertz CT molecular complexity index is 338. The molecule has 0 atom stereocenters. The summed E-state index contributed by atoms with van der Waals surface area (Å²) in [5, 5.41) is 0. The van der Waals surface area contributed by atoms with E-state index in [1.807, 2.05) is 24.3 Å². The minimum absolute atomic E-state index is 0.722. The van der Waals surface area contributed by atoms with Gasteiger partial charge >= 0.3 is 0 Å². The van der Waals surface area contributed by atoms with Crippen molar-refractivity contribution in [3.63, 3.8) is 0 Å². The molecule has 0 radical (unpaired) electrons. The van der Waals surface area contributed by atoms with Crippen molar-refractivity contribution in [3.05, 3.63) is 24.3 Å². The molecule has 2 N–H and O–H groups in total. The van der Waals surface area contributed by atoms with Gasteiger partial charge in [-0.25, -0.2) is 0 Å². The van der Waals surface area contributed by atoms with Crippen LogP contribution in [0.15, 0.2) is 24.3 Å². The molecule has 0 aromatic heterocycles. The highest BCUT2D eigenvalue weighted by atomic mass is 16.5. The third-order valence-corrected chi connectivity index (χ3v) is 3.08. The summed E-state index contributed by atoms with van der Waals surface area (Å²) in [5.41, 5.74) is 6.41. The summed E-state index contributed by atoms with van der Waals surface area (Å²) in [6.07, 6.45) is 1.20. The average molecular weight is 265 g/mol. The SMILES string of the molecule is CCN(CCCN(C)C)CCOc1ccc(N)cc1. The number of hydrogen-bond donors (Lipinski definition) is 1. The number of ether oxygens (including phenoxy) is 1. The summed E-state index contributed by atoms with van der Waals surface area (Å²) in [4.78, 5) is 4.64. The molecule has 19 heavy (non-hydrogen) atoms. The molecule has 1 rings (SSSR count). The van der Waals surface area contributed by atoms with Crippen LogP contribution in [-0.4, -0.2) is 56.7 Å². The van der Waals surface area contributed by atoms with Crippen LogP contribution in [0.4, 0.5) is 5.69 Å². The van der Waals surface area contributed by atoms with Crippen LogP contribution in [0, 0.1) is 0 Å². The second-order valence-corrected chi connectivity index (χ2v) is 5.01. The quantitative estimate of drug-likeness (QED) is 0.693. The fourth-order valence-electron chi connectivity index (χ4n) is 1.90. The van der Waals surface area contributed by atoms with E-state index in [1.54, 1.807) is 0 Å². The van der Waals surface area contributed by atoms with Gasteiger partial charge in [-0.2, -0.15) is 0 Å². The van der Waals surface area contributed by atoms with Crippen molar-refractivity contribution in [2.24, 2.45) is 0 Å².